The predicted octanol–water partition coefficient (Wildman–Crippen LogP) is 2.29. The highest BCUT2D eigenvalue weighted by Gasteiger charge is 2.14. The molecule has 1 heterocycles. The minimum atomic E-state index is 1.13. The van der Waals surface area contributed by atoms with Crippen molar-refractivity contribution in [1.29, 1.82) is 0 Å². The number of fused-ring (bicyclic) bond motifs is 1. The van der Waals surface area contributed by atoms with Gasteiger partial charge in [-0.2, -0.15) is 0 Å². The Morgan fingerprint density at radius 3 is 2.77 bits per heavy atom. The van der Waals surface area contributed by atoms with Gasteiger partial charge in [0.1, 0.15) is 0 Å². The minimum absolute atomic E-state index is 1.13. The molecule has 0 saturated carbocycles. The summed E-state index contributed by atoms with van der Waals surface area (Å²) in [5.74, 6) is 0. The van der Waals surface area contributed by atoms with Gasteiger partial charge in [0.25, 0.3) is 0 Å². The van der Waals surface area contributed by atoms with Crippen molar-refractivity contribution in [3.63, 3.8) is 0 Å². The molecule has 0 saturated heterocycles. The smallest absolute Gasteiger partial charge is 0.0236 e. The molecule has 0 amide bonds. The van der Waals surface area contributed by atoms with Crippen molar-refractivity contribution in [2.24, 2.45) is 0 Å². The fourth-order valence-corrected chi connectivity index (χ4v) is 2.20. The molecule has 0 unspecified atom stereocenters. The third kappa shape index (κ3) is 1.61. The zero-order valence-electron chi connectivity index (χ0n) is 8.72. The lowest BCUT2D eigenvalue weighted by Gasteiger charge is -2.26. The van der Waals surface area contributed by atoms with Crippen LogP contribution in [0.2, 0.25) is 0 Å². The number of rotatable bonds is 0. The minimum Gasteiger partial charge on any atom is -0.302 e. The predicted molar refractivity (Wildman–Crippen MR) is 56.0 cm³/mol. The fourth-order valence-electron chi connectivity index (χ4n) is 2.20. The van der Waals surface area contributed by atoms with Crippen molar-refractivity contribution in [2.75, 3.05) is 13.6 Å². The summed E-state index contributed by atoms with van der Waals surface area (Å²) in [5.41, 5.74) is 5.98. The molecule has 0 fully saturated rings. The third-order valence-electron chi connectivity index (χ3n) is 2.90. The van der Waals surface area contributed by atoms with Crippen LogP contribution in [0.1, 0.15) is 22.3 Å². The highest BCUT2D eigenvalue weighted by atomic mass is 15.1. The molecule has 0 aliphatic carbocycles. The van der Waals surface area contributed by atoms with E-state index in [1.807, 2.05) is 0 Å². The summed E-state index contributed by atoms with van der Waals surface area (Å²) in [7, 11) is 2.20. The highest BCUT2D eigenvalue weighted by Crippen LogP contribution is 2.22. The van der Waals surface area contributed by atoms with E-state index in [9.17, 15) is 0 Å². The monoisotopic (exact) mass is 175 g/mol. The molecule has 13 heavy (non-hydrogen) atoms. The van der Waals surface area contributed by atoms with Crippen LogP contribution in [-0.2, 0) is 13.0 Å². The van der Waals surface area contributed by atoms with E-state index in [1.54, 1.807) is 11.1 Å². The van der Waals surface area contributed by atoms with Gasteiger partial charge in [-0.1, -0.05) is 17.7 Å². The van der Waals surface area contributed by atoms with Gasteiger partial charge >= 0.3 is 0 Å². The van der Waals surface area contributed by atoms with Gasteiger partial charge in [0.15, 0.2) is 0 Å². The number of nitrogens with zero attached hydrogens (tertiary/aromatic N) is 1. The maximum absolute atomic E-state index is 2.39. The lowest BCUT2D eigenvalue weighted by Crippen LogP contribution is -2.27. The summed E-state index contributed by atoms with van der Waals surface area (Å²) < 4.78 is 0. The van der Waals surface area contributed by atoms with Crippen LogP contribution in [0.25, 0.3) is 0 Å². The molecule has 0 N–H and O–H groups in total. The van der Waals surface area contributed by atoms with E-state index in [1.165, 1.54) is 24.1 Å². The van der Waals surface area contributed by atoms with E-state index < -0.39 is 0 Å². The fraction of sp³-hybridized carbons (Fsp3) is 0.500. The Hall–Kier alpha value is -0.820. The summed E-state index contributed by atoms with van der Waals surface area (Å²) in [6, 6.07) is 4.63. The van der Waals surface area contributed by atoms with Crippen LogP contribution in [0, 0.1) is 13.8 Å². The van der Waals surface area contributed by atoms with Gasteiger partial charge in [0.2, 0.25) is 0 Å². The first-order chi connectivity index (χ1) is 6.16. The lowest BCUT2D eigenvalue weighted by molar-refractivity contribution is 0.312. The van der Waals surface area contributed by atoms with Crippen molar-refractivity contribution < 1.29 is 0 Å². The third-order valence-corrected chi connectivity index (χ3v) is 2.90. The molecular weight excluding hydrogens is 158 g/mol. The Kier molecular flexibility index (Phi) is 2.12. The topological polar surface area (TPSA) is 3.24 Å². The second-order valence-electron chi connectivity index (χ2n) is 4.21. The average Bonchev–Trinajstić information content (AvgIpc) is 2.06. The molecular formula is C12H17N. The molecule has 1 nitrogen and oxygen atoms in total. The van der Waals surface area contributed by atoms with Crippen LogP contribution >= 0.6 is 0 Å². The summed E-state index contributed by atoms with van der Waals surface area (Å²) >= 11 is 0. The van der Waals surface area contributed by atoms with E-state index in [4.69, 9.17) is 0 Å². The van der Waals surface area contributed by atoms with Crippen molar-refractivity contribution in [3.05, 3.63) is 34.4 Å². The molecule has 0 bridgehead atoms. The Balaban J connectivity index is 2.47. The van der Waals surface area contributed by atoms with Crippen LogP contribution in [0.3, 0.4) is 0 Å². The molecule has 1 aromatic rings. The van der Waals surface area contributed by atoms with Crippen LogP contribution in [0.5, 0.6) is 0 Å². The number of hydrogen-bond acceptors (Lipinski definition) is 1. The lowest BCUT2D eigenvalue weighted by atomic mass is 9.94. The first-order valence-electron chi connectivity index (χ1n) is 4.94. The van der Waals surface area contributed by atoms with Gasteiger partial charge in [-0.3, -0.25) is 0 Å². The zero-order valence-corrected chi connectivity index (χ0v) is 8.72. The van der Waals surface area contributed by atoms with Crippen LogP contribution in [0.4, 0.5) is 0 Å². The maximum atomic E-state index is 2.39. The van der Waals surface area contributed by atoms with Gasteiger partial charge in [-0.25, -0.2) is 0 Å². The van der Waals surface area contributed by atoms with Crippen molar-refractivity contribution >= 4 is 0 Å². The van der Waals surface area contributed by atoms with E-state index in [0.29, 0.717) is 0 Å². The van der Waals surface area contributed by atoms with Gasteiger partial charge in [-0.15, -0.1) is 0 Å². The largest absolute Gasteiger partial charge is 0.302 e. The van der Waals surface area contributed by atoms with E-state index in [-0.39, 0.29) is 0 Å². The molecule has 0 radical (unpaired) electrons. The molecule has 0 atom stereocenters. The second-order valence-corrected chi connectivity index (χ2v) is 4.21. The molecule has 70 valence electrons. The summed E-state index contributed by atoms with van der Waals surface area (Å²) in [5, 5.41) is 0. The molecule has 1 aliphatic heterocycles. The van der Waals surface area contributed by atoms with E-state index >= 15 is 0 Å². The summed E-state index contributed by atoms with van der Waals surface area (Å²) in [4.78, 5) is 2.39. The number of benzene rings is 1. The first-order valence-corrected chi connectivity index (χ1v) is 4.94. The summed E-state index contributed by atoms with van der Waals surface area (Å²) in [6.07, 6.45) is 1.22. The Labute approximate surface area is 80.4 Å². The number of aryl methyl sites for hydroxylation is 2. The molecule has 1 aliphatic rings. The molecule has 0 spiro atoms. The Bertz CT molecular complexity index is 328. The molecule has 0 aromatic heterocycles. The maximum Gasteiger partial charge on any atom is 0.0236 e. The van der Waals surface area contributed by atoms with Gasteiger partial charge < -0.3 is 4.90 Å². The van der Waals surface area contributed by atoms with E-state index in [0.717, 1.165) is 6.54 Å². The average molecular weight is 175 g/mol. The van der Waals surface area contributed by atoms with Gasteiger partial charge in [0, 0.05) is 13.1 Å². The quantitative estimate of drug-likeness (QED) is 0.585. The Morgan fingerprint density at radius 1 is 1.23 bits per heavy atom. The normalized spacial score (nSPS) is 17.2. The molecule has 1 aromatic carbocycles. The van der Waals surface area contributed by atoms with Crippen LogP contribution in [0.15, 0.2) is 12.1 Å². The van der Waals surface area contributed by atoms with Crippen molar-refractivity contribution in [2.45, 2.75) is 26.8 Å². The van der Waals surface area contributed by atoms with Crippen LogP contribution < -0.4 is 0 Å². The SMILES string of the molecule is Cc1cc(C)c2c(c1)CCN(C)C2. The standard InChI is InChI=1S/C12H17N/c1-9-6-10(2)12-8-13(3)5-4-11(12)7-9/h6-7H,4-5,8H2,1-3H3. The number of hydrogen-bond donors (Lipinski definition) is 0. The van der Waals surface area contributed by atoms with Crippen LogP contribution in [-0.4, -0.2) is 18.5 Å². The highest BCUT2D eigenvalue weighted by molar-refractivity contribution is 5.39. The van der Waals surface area contributed by atoms with Crippen molar-refractivity contribution in [3.8, 4) is 0 Å². The van der Waals surface area contributed by atoms with E-state index in [2.05, 4.69) is 37.9 Å². The first kappa shape index (κ1) is 8.76. The summed E-state index contributed by atoms with van der Waals surface area (Å²) in [6.45, 7) is 6.74. The Morgan fingerprint density at radius 2 is 2.00 bits per heavy atom. The molecule has 2 rings (SSSR count). The zero-order chi connectivity index (χ0) is 9.42. The van der Waals surface area contributed by atoms with Crippen molar-refractivity contribution in [1.82, 2.24) is 4.90 Å². The molecule has 1 heteroatoms. The number of likely N-dealkylation sites (N-methyl/N-ethyl adjacent to an activating group) is 1. The van der Waals surface area contributed by atoms with Gasteiger partial charge in [0.05, 0.1) is 0 Å². The van der Waals surface area contributed by atoms with Gasteiger partial charge in [-0.05, 0) is 44.0 Å². The second kappa shape index (κ2) is 3.15.